The largest absolute Gasteiger partial charge is 0.376 e. The van der Waals surface area contributed by atoms with Crippen LogP contribution in [-0.4, -0.2) is 12.2 Å². The maximum Gasteiger partial charge on any atom is 0.0598 e. The summed E-state index contributed by atoms with van der Waals surface area (Å²) in [5, 5.41) is 0. The van der Waals surface area contributed by atoms with Crippen LogP contribution < -0.4 is 0 Å². The van der Waals surface area contributed by atoms with Crippen LogP contribution in [0.25, 0.3) is 0 Å². The molecular weight excluding hydrogens is 172 g/mol. The van der Waals surface area contributed by atoms with Crippen LogP contribution in [-0.2, 0) is 4.74 Å². The predicted molar refractivity (Wildman–Crippen MR) is 63.5 cm³/mol. The molecule has 0 aliphatic carbocycles. The maximum absolute atomic E-state index is 5.61. The topological polar surface area (TPSA) is 9.23 Å². The Labute approximate surface area is 89.5 Å². The summed E-state index contributed by atoms with van der Waals surface area (Å²) in [6.07, 6.45) is 6.64. The SMILES string of the molecule is CC(C)(C)C/C=C/CCOC(C)(C)C. The minimum absolute atomic E-state index is 0.00212. The van der Waals surface area contributed by atoms with Gasteiger partial charge in [-0.3, -0.25) is 0 Å². The van der Waals surface area contributed by atoms with Crippen molar-refractivity contribution in [2.75, 3.05) is 6.61 Å². The van der Waals surface area contributed by atoms with Crippen molar-refractivity contribution < 1.29 is 4.74 Å². The summed E-state index contributed by atoms with van der Waals surface area (Å²) in [5.74, 6) is 0. The van der Waals surface area contributed by atoms with Gasteiger partial charge in [-0.2, -0.15) is 0 Å². The second-order valence-electron chi connectivity index (χ2n) is 5.99. The molecule has 14 heavy (non-hydrogen) atoms. The molecule has 0 heterocycles. The minimum Gasteiger partial charge on any atom is -0.376 e. The van der Waals surface area contributed by atoms with Crippen molar-refractivity contribution >= 4 is 0 Å². The van der Waals surface area contributed by atoms with Gasteiger partial charge in [-0.05, 0) is 39.0 Å². The number of allylic oxidation sites excluding steroid dienone is 1. The monoisotopic (exact) mass is 198 g/mol. The van der Waals surface area contributed by atoms with Crippen LogP contribution in [0.15, 0.2) is 12.2 Å². The van der Waals surface area contributed by atoms with Crippen LogP contribution in [0, 0.1) is 5.41 Å². The zero-order chi connectivity index (χ0) is 11.2. The van der Waals surface area contributed by atoms with E-state index in [9.17, 15) is 0 Å². The molecule has 1 heteroatoms. The maximum atomic E-state index is 5.61. The van der Waals surface area contributed by atoms with Crippen molar-refractivity contribution in [3.63, 3.8) is 0 Å². The normalized spacial score (nSPS) is 13.9. The average molecular weight is 198 g/mol. The van der Waals surface area contributed by atoms with E-state index in [1.54, 1.807) is 0 Å². The molecule has 0 radical (unpaired) electrons. The molecule has 0 aliphatic rings. The molecule has 0 rings (SSSR count). The van der Waals surface area contributed by atoms with E-state index in [1.807, 2.05) is 0 Å². The fourth-order valence-electron chi connectivity index (χ4n) is 0.988. The van der Waals surface area contributed by atoms with Gasteiger partial charge in [0.1, 0.15) is 0 Å². The van der Waals surface area contributed by atoms with E-state index in [-0.39, 0.29) is 5.60 Å². The highest BCUT2D eigenvalue weighted by Gasteiger charge is 2.08. The summed E-state index contributed by atoms with van der Waals surface area (Å²) in [5.41, 5.74) is 0.402. The third-order valence-corrected chi connectivity index (χ3v) is 1.72. The fraction of sp³-hybridized carbons (Fsp3) is 0.846. The van der Waals surface area contributed by atoms with E-state index in [0.29, 0.717) is 5.41 Å². The van der Waals surface area contributed by atoms with Crippen molar-refractivity contribution in [2.24, 2.45) is 5.41 Å². The van der Waals surface area contributed by atoms with Crippen molar-refractivity contribution in [1.82, 2.24) is 0 Å². The summed E-state index contributed by atoms with van der Waals surface area (Å²) in [6.45, 7) is 13.8. The molecule has 1 nitrogen and oxygen atoms in total. The van der Waals surface area contributed by atoms with E-state index in [1.165, 1.54) is 0 Å². The first kappa shape index (κ1) is 13.7. The van der Waals surface area contributed by atoms with Gasteiger partial charge in [-0.25, -0.2) is 0 Å². The van der Waals surface area contributed by atoms with Crippen molar-refractivity contribution in [3.8, 4) is 0 Å². The van der Waals surface area contributed by atoms with Crippen LogP contribution in [0.2, 0.25) is 0 Å². The second-order valence-corrected chi connectivity index (χ2v) is 5.99. The Morgan fingerprint density at radius 2 is 1.50 bits per heavy atom. The first-order valence-corrected chi connectivity index (χ1v) is 5.50. The van der Waals surface area contributed by atoms with Gasteiger partial charge in [0.25, 0.3) is 0 Å². The third kappa shape index (κ3) is 11.7. The summed E-state index contributed by atoms with van der Waals surface area (Å²) in [4.78, 5) is 0. The molecular formula is C13H26O. The Balaban J connectivity index is 3.46. The molecule has 0 unspecified atom stereocenters. The minimum atomic E-state index is -0.00212. The lowest BCUT2D eigenvalue weighted by atomic mass is 9.92. The summed E-state index contributed by atoms with van der Waals surface area (Å²) < 4.78 is 5.61. The van der Waals surface area contributed by atoms with Crippen LogP contribution in [0.1, 0.15) is 54.4 Å². The Morgan fingerprint density at radius 1 is 0.929 bits per heavy atom. The lowest BCUT2D eigenvalue weighted by Crippen LogP contribution is -2.19. The zero-order valence-corrected chi connectivity index (χ0v) is 10.7. The molecule has 0 saturated carbocycles. The lowest BCUT2D eigenvalue weighted by Gasteiger charge is -2.18. The van der Waals surface area contributed by atoms with Crippen molar-refractivity contribution in [1.29, 1.82) is 0 Å². The quantitative estimate of drug-likeness (QED) is 0.486. The van der Waals surface area contributed by atoms with Crippen LogP contribution in [0.3, 0.4) is 0 Å². The molecule has 0 saturated heterocycles. The fourth-order valence-corrected chi connectivity index (χ4v) is 0.988. The molecule has 0 atom stereocenters. The highest BCUT2D eigenvalue weighted by atomic mass is 16.5. The van der Waals surface area contributed by atoms with Gasteiger partial charge in [-0.15, -0.1) is 0 Å². The molecule has 0 aromatic rings. The van der Waals surface area contributed by atoms with Gasteiger partial charge in [0.05, 0.1) is 12.2 Å². The highest BCUT2D eigenvalue weighted by Crippen LogP contribution is 2.18. The first-order chi connectivity index (χ1) is 6.21. The van der Waals surface area contributed by atoms with Gasteiger partial charge < -0.3 is 4.74 Å². The number of ether oxygens (including phenoxy) is 1. The summed E-state index contributed by atoms with van der Waals surface area (Å²) in [6, 6.07) is 0. The molecule has 0 amide bonds. The van der Waals surface area contributed by atoms with Gasteiger partial charge in [0.15, 0.2) is 0 Å². The van der Waals surface area contributed by atoms with Crippen LogP contribution in [0.5, 0.6) is 0 Å². The van der Waals surface area contributed by atoms with E-state index < -0.39 is 0 Å². The average Bonchev–Trinajstić information content (AvgIpc) is 1.92. The Morgan fingerprint density at radius 3 is 1.93 bits per heavy atom. The number of hydrogen-bond donors (Lipinski definition) is 0. The van der Waals surface area contributed by atoms with Gasteiger partial charge in [0, 0.05) is 0 Å². The molecule has 0 bridgehead atoms. The zero-order valence-electron chi connectivity index (χ0n) is 10.7. The van der Waals surface area contributed by atoms with E-state index in [4.69, 9.17) is 4.74 Å². The molecule has 0 aromatic carbocycles. The Kier molecular flexibility index (Phi) is 5.43. The Bertz CT molecular complexity index is 167. The first-order valence-electron chi connectivity index (χ1n) is 5.50. The van der Waals surface area contributed by atoms with Crippen molar-refractivity contribution in [2.45, 2.75) is 60.0 Å². The molecule has 0 aliphatic heterocycles. The molecule has 0 fully saturated rings. The number of rotatable bonds is 4. The van der Waals surface area contributed by atoms with Crippen molar-refractivity contribution in [3.05, 3.63) is 12.2 Å². The number of hydrogen-bond acceptors (Lipinski definition) is 1. The summed E-state index contributed by atoms with van der Waals surface area (Å²) >= 11 is 0. The lowest BCUT2D eigenvalue weighted by molar-refractivity contribution is -0.000138. The molecule has 84 valence electrons. The predicted octanol–water partition coefficient (Wildman–Crippen LogP) is 4.18. The van der Waals surface area contributed by atoms with E-state index >= 15 is 0 Å². The third-order valence-electron chi connectivity index (χ3n) is 1.72. The standard InChI is InChI=1S/C13H26O/c1-12(2,3)10-8-7-9-11-14-13(4,5)6/h7-8H,9-11H2,1-6H3/b8-7+. The van der Waals surface area contributed by atoms with Crippen LogP contribution in [0.4, 0.5) is 0 Å². The van der Waals surface area contributed by atoms with E-state index in [2.05, 4.69) is 53.7 Å². The second kappa shape index (κ2) is 5.55. The van der Waals surface area contributed by atoms with Gasteiger partial charge in [-0.1, -0.05) is 32.9 Å². The van der Waals surface area contributed by atoms with Crippen LogP contribution >= 0.6 is 0 Å². The molecule has 0 N–H and O–H groups in total. The van der Waals surface area contributed by atoms with Gasteiger partial charge in [0.2, 0.25) is 0 Å². The van der Waals surface area contributed by atoms with Gasteiger partial charge >= 0.3 is 0 Å². The molecule has 0 spiro atoms. The smallest absolute Gasteiger partial charge is 0.0598 e. The molecule has 0 aromatic heterocycles. The Hall–Kier alpha value is -0.300. The highest BCUT2D eigenvalue weighted by molar-refractivity contribution is 4.85. The van der Waals surface area contributed by atoms with E-state index in [0.717, 1.165) is 19.4 Å². The summed E-state index contributed by atoms with van der Waals surface area (Å²) in [7, 11) is 0.